The second-order valence-electron chi connectivity index (χ2n) is 7.52. The SMILES string of the molecule is Cc1cc(Pc2c(C)cccc2N(C)C)c(O)c(C(C)(C)C)c1.[Cl][Ti][Cl]. The summed E-state index contributed by atoms with van der Waals surface area (Å²) < 4.78 is 0. The third kappa shape index (κ3) is 6.43. The van der Waals surface area contributed by atoms with Crippen LogP contribution < -0.4 is 15.5 Å². The van der Waals surface area contributed by atoms with Gasteiger partial charge in [-0.05, 0) is 42.5 Å². The van der Waals surface area contributed by atoms with Crippen LogP contribution in [0, 0.1) is 13.8 Å². The van der Waals surface area contributed by atoms with Gasteiger partial charge >= 0.3 is 35.6 Å². The number of aromatic hydroxyl groups is 1. The molecule has 0 aliphatic heterocycles. The molecule has 142 valence electrons. The van der Waals surface area contributed by atoms with Gasteiger partial charge in [0.15, 0.2) is 0 Å². The van der Waals surface area contributed by atoms with E-state index in [1.54, 1.807) is 0 Å². The summed E-state index contributed by atoms with van der Waals surface area (Å²) in [5, 5.41) is 13.2. The van der Waals surface area contributed by atoms with Crippen LogP contribution in [-0.2, 0) is 22.4 Å². The standard InChI is InChI=1S/C20H28NOP.2ClH.Ti/c1-13-11-15(20(3,4)5)18(22)17(12-13)23-19-14(2)9-8-10-16(19)21(6)7;;;/h8-12,22-23H,1-7H3;2*1H;/q;;;+2/p-2. The molecule has 0 saturated carbocycles. The Morgan fingerprint density at radius 1 is 1.08 bits per heavy atom. The van der Waals surface area contributed by atoms with E-state index in [4.69, 9.17) is 18.6 Å². The number of benzene rings is 2. The zero-order chi connectivity index (χ0) is 20.1. The number of nitrogens with zero attached hydrogens (tertiary/aromatic N) is 1. The summed E-state index contributed by atoms with van der Waals surface area (Å²) in [4.78, 5) is 2.15. The van der Waals surface area contributed by atoms with Gasteiger partial charge in [-0.3, -0.25) is 0 Å². The van der Waals surface area contributed by atoms with Crippen molar-refractivity contribution in [1.29, 1.82) is 0 Å². The van der Waals surface area contributed by atoms with Crippen molar-refractivity contribution in [3.05, 3.63) is 47.0 Å². The van der Waals surface area contributed by atoms with E-state index in [9.17, 15) is 5.11 Å². The van der Waals surface area contributed by atoms with Crippen LogP contribution in [0.1, 0.15) is 37.5 Å². The third-order valence-electron chi connectivity index (χ3n) is 4.05. The maximum atomic E-state index is 10.8. The molecule has 6 heteroatoms. The molecule has 1 N–H and O–H groups in total. The van der Waals surface area contributed by atoms with E-state index in [1.807, 2.05) is 0 Å². The summed E-state index contributed by atoms with van der Waals surface area (Å²) >= 11 is -0.556. The van der Waals surface area contributed by atoms with Gasteiger partial charge in [-0.25, -0.2) is 0 Å². The summed E-state index contributed by atoms with van der Waals surface area (Å²) in [6, 6.07) is 10.6. The number of hydrogen-bond donors (Lipinski definition) is 1. The molecule has 0 bridgehead atoms. The summed E-state index contributed by atoms with van der Waals surface area (Å²) in [7, 11) is 14.4. The number of hydrogen-bond acceptors (Lipinski definition) is 2. The Morgan fingerprint density at radius 3 is 2.15 bits per heavy atom. The van der Waals surface area contributed by atoms with Crippen LogP contribution in [-0.4, -0.2) is 19.2 Å². The van der Waals surface area contributed by atoms with E-state index in [1.165, 1.54) is 22.1 Å². The number of halogens is 2. The van der Waals surface area contributed by atoms with Crippen LogP contribution in [0.3, 0.4) is 0 Å². The first-order chi connectivity index (χ1) is 12.0. The molecule has 1 unspecified atom stereocenters. The predicted octanol–water partition coefficient (Wildman–Crippen LogP) is 5.38. The monoisotopic (exact) mass is 447 g/mol. The van der Waals surface area contributed by atoms with E-state index in [2.05, 4.69) is 83.9 Å². The Hall–Kier alpha value is -0.236. The van der Waals surface area contributed by atoms with Crippen molar-refractivity contribution in [2.75, 3.05) is 19.0 Å². The molecule has 2 aromatic carbocycles. The summed E-state index contributed by atoms with van der Waals surface area (Å²) in [6.07, 6.45) is 0. The van der Waals surface area contributed by atoms with Crippen molar-refractivity contribution < 1.29 is 22.1 Å². The molecule has 0 aliphatic carbocycles. The average Bonchev–Trinajstić information content (AvgIpc) is 2.51. The first kappa shape index (κ1) is 23.8. The minimum atomic E-state index is -0.556. The van der Waals surface area contributed by atoms with Gasteiger partial charge in [0, 0.05) is 36.0 Å². The van der Waals surface area contributed by atoms with Gasteiger partial charge in [0.1, 0.15) is 5.75 Å². The fourth-order valence-electron chi connectivity index (χ4n) is 2.77. The van der Waals surface area contributed by atoms with Crippen LogP contribution in [0.4, 0.5) is 5.69 Å². The molecule has 0 aliphatic rings. The van der Waals surface area contributed by atoms with Crippen LogP contribution in [0.5, 0.6) is 5.75 Å². The molecule has 2 nitrogen and oxygen atoms in total. The first-order valence-electron chi connectivity index (χ1n) is 8.37. The van der Waals surface area contributed by atoms with Gasteiger partial charge < -0.3 is 10.0 Å². The Kier molecular flexibility index (Phi) is 9.47. The number of aryl methyl sites for hydroxylation is 2. The Balaban J connectivity index is 0.00000105. The molecule has 2 aromatic rings. The van der Waals surface area contributed by atoms with Gasteiger partial charge in [0.05, 0.1) is 0 Å². The van der Waals surface area contributed by atoms with E-state index in [-0.39, 0.29) is 5.41 Å². The molecule has 1 atom stereocenters. The molecule has 0 aromatic heterocycles. The third-order valence-corrected chi connectivity index (χ3v) is 5.61. The van der Waals surface area contributed by atoms with E-state index >= 15 is 0 Å². The number of phenols is 1. The Labute approximate surface area is 176 Å². The number of phenolic OH excluding ortho intramolecular Hbond substituents is 1. The van der Waals surface area contributed by atoms with Crippen molar-refractivity contribution >= 4 is 43.5 Å². The van der Waals surface area contributed by atoms with Gasteiger partial charge in [-0.15, -0.1) is 0 Å². The molecular formula is C20H28Cl2NOPTi. The fraction of sp³-hybridized carbons (Fsp3) is 0.400. The normalized spacial score (nSPS) is 11.3. The summed E-state index contributed by atoms with van der Waals surface area (Å²) in [5.74, 6) is 0.453. The van der Waals surface area contributed by atoms with Crippen molar-refractivity contribution in [2.45, 2.75) is 40.0 Å². The van der Waals surface area contributed by atoms with Gasteiger partial charge in [-0.2, -0.15) is 0 Å². The summed E-state index contributed by atoms with van der Waals surface area (Å²) in [6.45, 7) is 10.7. The molecule has 2 rings (SSSR count). The topological polar surface area (TPSA) is 23.5 Å². The number of anilines is 1. The average molecular weight is 448 g/mol. The molecule has 26 heavy (non-hydrogen) atoms. The molecule has 0 radical (unpaired) electrons. The van der Waals surface area contributed by atoms with Gasteiger partial charge in [0.25, 0.3) is 0 Å². The minimum absolute atomic E-state index is 0.0640. The predicted molar refractivity (Wildman–Crippen MR) is 116 cm³/mol. The van der Waals surface area contributed by atoms with Crippen molar-refractivity contribution in [3.8, 4) is 5.75 Å². The van der Waals surface area contributed by atoms with Crippen molar-refractivity contribution in [1.82, 2.24) is 0 Å². The van der Waals surface area contributed by atoms with Crippen LogP contribution in [0.25, 0.3) is 0 Å². The quantitative estimate of drug-likeness (QED) is 0.504. The fourth-order valence-corrected chi connectivity index (χ4v) is 4.31. The molecule has 0 amide bonds. The first-order valence-corrected chi connectivity index (χ1v) is 13.7. The molecular weight excluding hydrogens is 420 g/mol. The zero-order valence-electron chi connectivity index (χ0n) is 16.5. The second kappa shape index (κ2) is 10.3. The Morgan fingerprint density at radius 2 is 1.65 bits per heavy atom. The molecule has 0 saturated heterocycles. The van der Waals surface area contributed by atoms with Crippen LogP contribution in [0.2, 0.25) is 0 Å². The van der Waals surface area contributed by atoms with Gasteiger partial charge in [0.2, 0.25) is 0 Å². The molecule has 0 fully saturated rings. The molecule has 0 spiro atoms. The van der Waals surface area contributed by atoms with E-state index in [0.717, 1.165) is 10.9 Å². The van der Waals surface area contributed by atoms with Crippen LogP contribution >= 0.6 is 27.2 Å². The summed E-state index contributed by atoms with van der Waals surface area (Å²) in [5.41, 5.74) is 4.66. The van der Waals surface area contributed by atoms with E-state index < -0.39 is 17.0 Å². The number of rotatable bonds is 3. The van der Waals surface area contributed by atoms with E-state index in [0.29, 0.717) is 14.3 Å². The van der Waals surface area contributed by atoms with Gasteiger partial charge in [-0.1, -0.05) is 47.6 Å². The van der Waals surface area contributed by atoms with Crippen LogP contribution in [0.15, 0.2) is 30.3 Å². The Bertz CT molecular complexity index is 745. The second-order valence-corrected chi connectivity index (χ2v) is 11.4. The zero-order valence-corrected chi connectivity index (χ0v) is 20.6. The van der Waals surface area contributed by atoms with Crippen molar-refractivity contribution in [3.63, 3.8) is 0 Å². The molecule has 0 heterocycles. The van der Waals surface area contributed by atoms with Crippen molar-refractivity contribution in [2.24, 2.45) is 0 Å². The maximum absolute atomic E-state index is 10.8.